The molecule has 0 radical (unpaired) electrons. The van der Waals surface area contributed by atoms with Crippen LogP contribution in [0.5, 0.6) is 0 Å². The Kier molecular flexibility index (Phi) is 3.48. The van der Waals surface area contributed by atoms with Crippen molar-refractivity contribution >= 4 is 0 Å². The summed E-state index contributed by atoms with van der Waals surface area (Å²) in [5.74, 6) is 2.35. The predicted molar refractivity (Wildman–Crippen MR) is 52.5 cm³/mol. The van der Waals surface area contributed by atoms with E-state index in [1.807, 2.05) is 6.92 Å². The van der Waals surface area contributed by atoms with Gasteiger partial charge in [-0.2, -0.15) is 0 Å². The molecule has 74 valence electrons. The van der Waals surface area contributed by atoms with Crippen LogP contribution in [0.25, 0.3) is 0 Å². The molecule has 0 aromatic carbocycles. The van der Waals surface area contributed by atoms with Crippen LogP contribution in [0.4, 0.5) is 0 Å². The van der Waals surface area contributed by atoms with Gasteiger partial charge in [-0.25, -0.2) is 4.98 Å². The molecule has 0 unspecified atom stereocenters. The Labute approximate surface area is 79.3 Å². The van der Waals surface area contributed by atoms with E-state index in [9.17, 15) is 0 Å². The largest absolute Gasteiger partial charge is 0.446 e. The third-order valence-corrected chi connectivity index (χ3v) is 1.90. The highest BCUT2D eigenvalue weighted by Gasteiger charge is 2.09. The predicted octanol–water partition coefficient (Wildman–Crippen LogP) is 1.68. The van der Waals surface area contributed by atoms with E-state index in [1.165, 1.54) is 0 Å². The normalized spacial score (nSPS) is 11.2. The maximum absolute atomic E-state index is 5.51. The lowest BCUT2D eigenvalue weighted by atomic mass is 10.1. The number of nitrogens with two attached hydrogens (primary N) is 1. The molecule has 1 aromatic rings. The lowest BCUT2D eigenvalue weighted by molar-refractivity contribution is 0.440. The molecule has 1 heterocycles. The Morgan fingerprint density at radius 1 is 1.46 bits per heavy atom. The van der Waals surface area contributed by atoms with Gasteiger partial charge in [-0.05, 0) is 19.4 Å². The molecule has 0 fully saturated rings. The number of hydrogen-bond acceptors (Lipinski definition) is 3. The zero-order chi connectivity index (χ0) is 9.84. The molecule has 1 aromatic heterocycles. The summed E-state index contributed by atoms with van der Waals surface area (Å²) < 4.78 is 5.51. The van der Waals surface area contributed by atoms with Gasteiger partial charge in [0.05, 0.1) is 5.69 Å². The summed E-state index contributed by atoms with van der Waals surface area (Å²) in [4.78, 5) is 4.39. The zero-order valence-electron chi connectivity index (χ0n) is 8.63. The number of aromatic nitrogens is 1. The first kappa shape index (κ1) is 10.3. The molecule has 3 nitrogen and oxygen atoms in total. The summed E-state index contributed by atoms with van der Waals surface area (Å²) in [5, 5.41) is 0. The third kappa shape index (κ3) is 2.84. The van der Waals surface area contributed by atoms with E-state index in [4.69, 9.17) is 10.2 Å². The molecule has 0 aliphatic heterocycles. The Morgan fingerprint density at radius 3 is 2.69 bits per heavy atom. The molecule has 0 aliphatic carbocycles. The van der Waals surface area contributed by atoms with Crippen LogP contribution in [0.2, 0.25) is 0 Å². The van der Waals surface area contributed by atoms with Crippen molar-refractivity contribution < 1.29 is 4.42 Å². The first-order valence-corrected chi connectivity index (χ1v) is 4.78. The van der Waals surface area contributed by atoms with Gasteiger partial charge in [0.1, 0.15) is 5.76 Å². The fourth-order valence-electron chi connectivity index (χ4n) is 1.29. The van der Waals surface area contributed by atoms with Crippen molar-refractivity contribution in [3.63, 3.8) is 0 Å². The van der Waals surface area contributed by atoms with Crippen LogP contribution >= 0.6 is 0 Å². The summed E-state index contributed by atoms with van der Waals surface area (Å²) >= 11 is 0. The summed E-state index contributed by atoms with van der Waals surface area (Å²) in [6, 6.07) is 0. The summed E-state index contributed by atoms with van der Waals surface area (Å²) in [5.41, 5.74) is 6.47. The van der Waals surface area contributed by atoms with Crippen LogP contribution in [0, 0.1) is 12.8 Å². The Bertz CT molecular complexity index is 266. The van der Waals surface area contributed by atoms with Crippen LogP contribution in [-0.2, 0) is 12.8 Å². The van der Waals surface area contributed by atoms with Crippen molar-refractivity contribution in [2.45, 2.75) is 33.6 Å². The van der Waals surface area contributed by atoms with Crippen LogP contribution in [0.1, 0.15) is 31.2 Å². The average Bonchev–Trinajstić information content (AvgIpc) is 2.31. The molecule has 0 saturated carbocycles. The minimum Gasteiger partial charge on any atom is -0.446 e. The molecule has 1 rings (SSSR count). The monoisotopic (exact) mass is 182 g/mol. The van der Waals surface area contributed by atoms with Gasteiger partial charge in [0.15, 0.2) is 5.89 Å². The van der Waals surface area contributed by atoms with Crippen molar-refractivity contribution in [2.75, 3.05) is 6.54 Å². The van der Waals surface area contributed by atoms with Crippen LogP contribution in [0.15, 0.2) is 4.42 Å². The number of hydrogen-bond donors (Lipinski definition) is 1. The second-order valence-electron chi connectivity index (χ2n) is 3.75. The second kappa shape index (κ2) is 4.42. The highest BCUT2D eigenvalue weighted by Crippen LogP contribution is 2.13. The van der Waals surface area contributed by atoms with Crippen LogP contribution in [0.3, 0.4) is 0 Å². The van der Waals surface area contributed by atoms with Crippen molar-refractivity contribution in [2.24, 2.45) is 11.7 Å². The maximum atomic E-state index is 5.51. The molecule has 2 N–H and O–H groups in total. The van der Waals surface area contributed by atoms with E-state index in [1.54, 1.807) is 0 Å². The summed E-state index contributed by atoms with van der Waals surface area (Å²) in [7, 11) is 0. The molecule has 0 spiro atoms. The average molecular weight is 182 g/mol. The topological polar surface area (TPSA) is 52.0 Å². The third-order valence-electron chi connectivity index (χ3n) is 1.90. The van der Waals surface area contributed by atoms with Crippen molar-refractivity contribution in [1.29, 1.82) is 0 Å². The Balaban J connectivity index is 2.70. The van der Waals surface area contributed by atoms with Crippen molar-refractivity contribution in [1.82, 2.24) is 4.98 Å². The zero-order valence-corrected chi connectivity index (χ0v) is 8.63. The van der Waals surface area contributed by atoms with Gasteiger partial charge in [-0.3, -0.25) is 0 Å². The van der Waals surface area contributed by atoms with E-state index in [0.29, 0.717) is 12.5 Å². The highest BCUT2D eigenvalue weighted by molar-refractivity contribution is 5.08. The quantitative estimate of drug-likeness (QED) is 0.770. The smallest absolute Gasteiger partial charge is 0.194 e. The van der Waals surface area contributed by atoms with Gasteiger partial charge in [0.25, 0.3) is 0 Å². The molecule has 13 heavy (non-hydrogen) atoms. The molecular formula is C10H18N2O. The first-order valence-electron chi connectivity index (χ1n) is 4.78. The molecule has 0 aliphatic rings. The van der Waals surface area contributed by atoms with Crippen molar-refractivity contribution in [3.05, 3.63) is 17.3 Å². The van der Waals surface area contributed by atoms with E-state index in [-0.39, 0.29) is 0 Å². The fraction of sp³-hybridized carbons (Fsp3) is 0.700. The van der Waals surface area contributed by atoms with Gasteiger partial charge in [0.2, 0.25) is 0 Å². The molecular weight excluding hydrogens is 164 g/mol. The Hall–Kier alpha value is -0.830. The number of oxazole rings is 1. The van der Waals surface area contributed by atoms with Gasteiger partial charge >= 0.3 is 0 Å². The molecule has 0 saturated heterocycles. The summed E-state index contributed by atoms with van der Waals surface area (Å²) in [6.45, 7) is 6.89. The second-order valence-corrected chi connectivity index (χ2v) is 3.75. The lowest BCUT2D eigenvalue weighted by Gasteiger charge is -1.97. The van der Waals surface area contributed by atoms with Crippen molar-refractivity contribution in [3.8, 4) is 0 Å². The minimum atomic E-state index is 0.587. The standard InChI is InChI=1S/C10H18N2O/c1-7(2)6-10-12-9(4-5-11)8(3)13-10/h7H,4-6,11H2,1-3H3. The Morgan fingerprint density at radius 2 is 2.15 bits per heavy atom. The molecule has 3 heteroatoms. The van der Waals surface area contributed by atoms with Gasteiger partial charge < -0.3 is 10.2 Å². The summed E-state index contributed by atoms with van der Waals surface area (Å²) in [6.07, 6.45) is 1.72. The highest BCUT2D eigenvalue weighted by atomic mass is 16.4. The van der Waals surface area contributed by atoms with Gasteiger partial charge in [-0.15, -0.1) is 0 Å². The van der Waals surface area contributed by atoms with Crippen LogP contribution < -0.4 is 5.73 Å². The van der Waals surface area contributed by atoms with Gasteiger partial charge in [-0.1, -0.05) is 13.8 Å². The van der Waals surface area contributed by atoms with E-state index >= 15 is 0 Å². The van der Waals surface area contributed by atoms with Gasteiger partial charge in [0, 0.05) is 12.8 Å². The van der Waals surface area contributed by atoms with E-state index in [2.05, 4.69) is 18.8 Å². The molecule has 0 atom stereocenters. The van der Waals surface area contributed by atoms with E-state index in [0.717, 1.165) is 30.2 Å². The number of rotatable bonds is 4. The van der Waals surface area contributed by atoms with Crippen LogP contribution in [-0.4, -0.2) is 11.5 Å². The molecule has 0 bridgehead atoms. The number of aryl methyl sites for hydroxylation is 1. The van der Waals surface area contributed by atoms with E-state index < -0.39 is 0 Å². The molecule has 0 amide bonds. The first-order chi connectivity index (χ1) is 6.13. The maximum Gasteiger partial charge on any atom is 0.194 e. The SMILES string of the molecule is Cc1oc(CC(C)C)nc1CCN. The lowest BCUT2D eigenvalue weighted by Crippen LogP contribution is -2.04. The minimum absolute atomic E-state index is 0.587. The number of nitrogens with zero attached hydrogens (tertiary/aromatic N) is 1. The fourth-order valence-corrected chi connectivity index (χ4v) is 1.29.